The summed E-state index contributed by atoms with van der Waals surface area (Å²) in [5.74, 6) is -0.774. The molecule has 1 aliphatic carbocycles. The predicted molar refractivity (Wildman–Crippen MR) is 82.2 cm³/mol. The second kappa shape index (κ2) is 5.54. The number of benzene rings is 1. The summed E-state index contributed by atoms with van der Waals surface area (Å²) in [5.41, 5.74) is 0.945. The Hall–Kier alpha value is -2.05. The molecule has 1 amide bonds. The molecule has 1 spiro atoms. The maximum atomic E-state index is 12.7. The van der Waals surface area contributed by atoms with Crippen molar-refractivity contribution in [2.45, 2.75) is 37.5 Å². The van der Waals surface area contributed by atoms with E-state index in [9.17, 15) is 9.90 Å². The van der Waals surface area contributed by atoms with Crippen molar-refractivity contribution in [3.63, 3.8) is 0 Å². The van der Waals surface area contributed by atoms with Crippen LogP contribution < -0.4 is 5.32 Å². The van der Waals surface area contributed by atoms with Crippen molar-refractivity contribution >= 4 is 16.9 Å². The molecule has 0 radical (unpaired) electrons. The summed E-state index contributed by atoms with van der Waals surface area (Å²) in [7, 11) is 0. The van der Waals surface area contributed by atoms with E-state index < -0.39 is 5.79 Å². The lowest BCUT2D eigenvalue weighted by Gasteiger charge is -2.39. The van der Waals surface area contributed by atoms with Gasteiger partial charge in [0.25, 0.3) is 5.91 Å². The highest BCUT2D eigenvalue weighted by atomic mass is 16.7. The Labute approximate surface area is 133 Å². The van der Waals surface area contributed by atoms with Gasteiger partial charge in [0.2, 0.25) is 0 Å². The molecule has 1 aromatic heterocycles. The van der Waals surface area contributed by atoms with Gasteiger partial charge >= 0.3 is 0 Å². The van der Waals surface area contributed by atoms with Crippen LogP contribution in [-0.2, 0) is 9.47 Å². The van der Waals surface area contributed by atoms with Crippen LogP contribution in [0.2, 0.25) is 0 Å². The molecule has 2 aromatic rings. The number of amides is 1. The van der Waals surface area contributed by atoms with E-state index in [1.54, 1.807) is 12.1 Å². The molecular weight excluding hydrogens is 298 g/mol. The molecule has 2 N–H and O–H groups in total. The fourth-order valence-electron chi connectivity index (χ4n) is 3.54. The molecule has 122 valence electrons. The second-order valence-corrected chi connectivity index (χ2v) is 6.11. The minimum absolute atomic E-state index is 0.109. The third-order valence-corrected chi connectivity index (χ3v) is 4.68. The number of nitrogens with one attached hydrogen (secondary N) is 1. The number of furan rings is 1. The normalized spacial score (nSPS) is 23.4. The first-order valence-electron chi connectivity index (χ1n) is 7.97. The molecule has 1 saturated carbocycles. The highest BCUT2D eigenvalue weighted by Gasteiger charge is 2.46. The SMILES string of the molecule is O=C(NC1CCCCC12OCCO2)c1coc2cc(O)ccc12. The molecule has 6 heteroatoms. The lowest BCUT2D eigenvalue weighted by molar-refractivity contribution is -0.192. The summed E-state index contributed by atoms with van der Waals surface area (Å²) in [6.07, 6.45) is 5.14. The van der Waals surface area contributed by atoms with Gasteiger partial charge in [0, 0.05) is 17.9 Å². The minimum atomic E-state index is -0.675. The van der Waals surface area contributed by atoms with Gasteiger partial charge in [0.05, 0.1) is 24.8 Å². The van der Waals surface area contributed by atoms with E-state index in [2.05, 4.69) is 5.32 Å². The van der Waals surface area contributed by atoms with Crippen LogP contribution >= 0.6 is 0 Å². The van der Waals surface area contributed by atoms with Crippen LogP contribution in [0, 0.1) is 0 Å². The average Bonchev–Trinajstić information content (AvgIpc) is 3.17. The number of phenolic OH excluding ortho intramolecular Hbond substituents is 1. The first-order chi connectivity index (χ1) is 11.2. The van der Waals surface area contributed by atoms with E-state index in [-0.39, 0.29) is 17.7 Å². The van der Waals surface area contributed by atoms with E-state index in [0.717, 1.165) is 25.7 Å². The molecule has 23 heavy (non-hydrogen) atoms. The maximum absolute atomic E-state index is 12.7. The van der Waals surface area contributed by atoms with Crippen molar-refractivity contribution < 1.29 is 23.8 Å². The first kappa shape index (κ1) is 14.5. The maximum Gasteiger partial charge on any atom is 0.255 e. The zero-order chi connectivity index (χ0) is 15.9. The molecular formula is C17H19NO5. The molecule has 1 aromatic carbocycles. The van der Waals surface area contributed by atoms with Crippen LogP contribution in [0.5, 0.6) is 5.75 Å². The number of hydrogen-bond donors (Lipinski definition) is 2. The molecule has 2 fully saturated rings. The lowest BCUT2D eigenvalue weighted by atomic mass is 9.88. The predicted octanol–water partition coefficient (Wildman–Crippen LogP) is 2.55. The monoisotopic (exact) mass is 317 g/mol. The number of phenols is 1. The van der Waals surface area contributed by atoms with E-state index in [4.69, 9.17) is 13.9 Å². The van der Waals surface area contributed by atoms with Gasteiger partial charge in [-0.05, 0) is 25.0 Å². The molecule has 1 aliphatic heterocycles. The fraction of sp³-hybridized carbons (Fsp3) is 0.471. The smallest absolute Gasteiger partial charge is 0.255 e. The van der Waals surface area contributed by atoms with E-state index in [1.807, 2.05) is 0 Å². The number of fused-ring (bicyclic) bond motifs is 1. The molecule has 2 aliphatic rings. The Balaban J connectivity index is 1.58. The van der Waals surface area contributed by atoms with Gasteiger partial charge < -0.3 is 24.3 Å². The molecule has 1 saturated heterocycles. The van der Waals surface area contributed by atoms with E-state index >= 15 is 0 Å². The van der Waals surface area contributed by atoms with Crippen molar-refractivity contribution in [3.8, 4) is 5.75 Å². The summed E-state index contributed by atoms with van der Waals surface area (Å²) in [6.45, 7) is 1.14. The van der Waals surface area contributed by atoms with Crippen molar-refractivity contribution in [3.05, 3.63) is 30.0 Å². The number of ether oxygens (including phenoxy) is 2. The molecule has 2 heterocycles. The first-order valence-corrected chi connectivity index (χ1v) is 7.97. The van der Waals surface area contributed by atoms with Gasteiger partial charge in [0.15, 0.2) is 5.79 Å². The van der Waals surface area contributed by atoms with Crippen LogP contribution in [0.3, 0.4) is 0 Å². The largest absolute Gasteiger partial charge is 0.508 e. The molecule has 1 atom stereocenters. The highest BCUT2D eigenvalue weighted by Crippen LogP contribution is 2.36. The average molecular weight is 317 g/mol. The number of aromatic hydroxyl groups is 1. The molecule has 4 rings (SSSR count). The van der Waals surface area contributed by atoms with E-state index in [1.165, 1.54) is 12.3 Å². The van der Waals surface area contributed by atoms with Gasteiger partial charge in [-0.15, -0.1) is 0 Å². The zero-order valence-electron chi connectivity index (χ0n) is 12.7. The topological polar surface area (TPSA) is 80.9 Å². The van der Waals surface area contributed by atoms with Crippen LogP contribution in [-0.4, -0.2) is 36.1 Å². The summed E-state index contributed by atoms with van der Waals surface area (Å²) < 4.78 is 17.0. The summed E-state index contributed by atoms with van der Waals surface area (Å²) in [6, 6.07) is 4.56. The third kappa shape index (κ3) is 2.48. The van der Waals surface area contributed by atoms with Crippen LogP contribution in [0.15, 0.2) is 28.9 Å². The van der Waals surface area contributed by atoms with Gasteiger partial charge in [-0.2, -0.15) is 0 Å². The quantitative estimate of drug-likeness (QED) is 0.889. The molecule has 6 nitrogen and oxygen atoms in total. The van der Waals surface area contributed by atoms with E-state index in [0.29, 0.717) is 29.7 Å². The summed E-state index contributed by atoms with van der Waals surface area (Å²) in [5, 5.41) is 13.2. The Morgan fingerprint density at radius 1 is 1.26 bits per heavy atom. The zero-order valence-corrected chi connectivity index (χ0v) is 12.7. The van der Waals surface area contributed by atoms with Crippen LogP contribution in [0.25, 0.3) is 11.0 Å². The van der Waals surface area contributed by atoms with Gasteiger partial charge in [-0.3, -0.25) is 4.79 Å². The van der Waals surface area contributed by atoms with Gasteiger partial charge in [-0.25, -0.2) is 0 Å². The number of carbonyl (C=O) groups is 1. The lowest BCUT2D eigenvalue weighted by Crippen LogP contribution is -2.55. The van der Waals surface area contributed by atoms with Gasteiger partial charge in [-0.1, -0.05) is 6.42 Å². The van der Waals surface area contributed by atoms with Crippen molar-refractivity contribution in [2.75, 3.05) is 13.2 Å². The van der Waals surface area contributed by atoms with Gasteiger partial charge in [0.1, 0.15) is 17.6 Å². The van der Waals surface area contributed by atoms with Crippen LogP contribution in [0.4, 0.5) is 0 Å². The Morgan fingerprint density at radius 3 is 2.91 bits per heavy atom. The summed E-state index contributed by atoms with van der Waals surface area (Å²) in [4.78, 5) is 12.7. The second-order valence-electron chi connectivity index (χ2n) is 6.11. The minimum Gasteiger partial charge on any atom is -0.508 e. The third-order valence-electron chi connectivity index (χ3n) is 4.68. The Morgan fingerprint density at radius 2 is 2.09 bits per heavy atom. The molecule has 1 unspecified atom stereocenters. The number of hydrogen-bond acceptors (Lipinski definition) is 5. The Kier molecular flexibility index (Phi) is 3.50. The van der Waals surface area contributed by atoms with Crippen molar-refractivity contribution in [1.82, 2.24) is 5.32 Å². The van der Waals surface area contributed by atoms with Crippen molar-refractivity contribution in [2.24, 2.45) is 0 Å². The standard InChI is InChI=1S/C17H19NO5/c19-11-4-5-12-13(10-21-14(12)9-11)16(20)18-15-3-1-2-6-17(15)22-7-8-23-17/h4-5,9-10,15,19H,1-3,6-8H2,(H,18,20). The van der Waals surface area contributed by atoms with Crippen molar-refractivity contribution in [1.29, 1.82) is 0 Å². The molecule has 0 bridgehead atoms. The number of carbonyl (C=O) groups excluding carboxylic acids is 1. The number of rotatable bonds is 2. The van der Waals surface area contributed by atoms with Crippen LogP contribution in [0.1, 0.15) is 36.0 Å². The highest BCUT2D eigenvalue weighted by molar-refractivity contribution is 6.06. The fourth-order valence-corrected chi connectivity index (χ4v) is 3.54. The summed E-state index contributed by atoms with van der Waals surface area (Å²) >= 11 is 0. The Bertz CT molecular complexity index is 732.